The maximum absolute atomic E-state index is 5.54. The molecular weight excluding hydrogens is 180 g/mol. The molecule has 0 aromatic rings. The minimum absolute atomic E-state index is 0.754. The van der Waals surface area contributed by atoms with Crippen LogP contribution in [0.1, 0.15) is 32.6 Å². The SMILES string of the molecule is C=C(C)CCC=CC=CCCCCl. The molecule has 0 amide bonds. The predicted molar refractivity (Wildman–Crippen MR) is 62.3 cm³/mol. The smallest absolute Gasteiger partial charge is 0.0226 e. The van der Waals surface area contributed by atoms with Crippen LogP contribution in [-0.2, 0) is 0 Å². The van der Waals surface area contributed by atoms with E-state index in [1.165, 1.54) is 5.57 Å². The third kappa shape index (κ3) is 11.5. The number of hydrogen-bond donors (Lipinski definition) is 0. The molecule has 0 heterocycles. The van der Waals surface area contributed by atoms with Gasteiger partial charge in [-0.25, -0.2) is 0 Å². The van der Waals surface area contributed by atoms with Gasteiger partial charge in [0, 0.05) is 5.88 Å². The summed E-state index contributed by atoms with van der Waals surface area (Å²) in [5.41, 5.74) is 1.25. The lowest BCUT2D eigenvalue weighted by Crippen LogP contribution is -1.71. The molecule has 0 fully saturated rings. The van der Waals surface area contributed by atoms with Crippen molar-refractivity contribution in [3.63, 3.8) is 0 Å². The van der Waals surface area contributed by atoms with Crippen LogP contribution in [-0.4, -0.2) is 5.88 Å². The molecule has 74 valence electrons. The van der Waals surface area contributed by atoms with Gasteiger partial charge in [0.05, 0.1) is 0 Å². The van der Waals surface area contributed by atoms with Gasteiger partial charge in [0.2, 0.25) is 0 Å². The maximum Gasteiger partial charge on any atom is 0.0226 e. The molecule has 0 unspecified atom stereocenters. The first-order chi connectivity index (χ1) is 6.27. The summed E-state index contributed by atoms with van der Waals surface area (Å²) in [5, 5.41) is 0. The fraction of sp³-hybridized carbons (Fsp3) is 0.500. The van der Waals surface area contributed by atoms with Crippen molar-refractivity contribution in [1.82, 2.24) is 0 Å². The van der Waals surface area contributed by atoms with Crippen LogP contribution in [0.15, 0.2) is 36.5 Å². The molecule has 0 saturated heterocycles. The van der Waals surface area contributed by atoms with E-state index in [-0.39, 0.29) is 0 Å². The Morgan fingerprint density at radius 2 is 1.85 bits per heavy atom. The lowest BCUT2D eigenvalue weighted by Gasteiger charge is -1.91. The van der Waals surface area contributed by atoms with Crippen molar-refractivity contribution in [3.8, 4) is 0 Å². The molecule has 0 nitrogen and oxygen atoms in total. The van der Waals surface area contributed by atoms with Gasteiger partial charge in [-0.05, 0) is 32.6 Å². The molecule has 0 rings (SSSR count). The molecule has 0 aliphatic heterocycles. The van der Waals surface area contributed by atoms with E-state index in [0.717, 1.165) is 31.6 Å². The highest BCUT2D eigenvalue weighted by atomic mass is 35.5. The van der Waals surface area contributed by atoms with Crippen LogP contribution in [0.4, 0.5) is 0 Å². The van der Waals surface area contributed by atoms with Crippen molar-refractivity contribution >= 4 is 11.6 Å². The van der Waals surface area contributed by atoms with Crippen LogP contribution in [0.3, 0.4) is 0 Å². The number of halogens is 1. The summed E-state index contributed by atoms with van der Waals surface area (Å²) in [7, 11) is 0. The summed E-state index contributed by atoms with van der Waals surface area (Å²) < 4.78 is 0. The molecule has 0 saturated carbocycles. The number of alkyl halides is 1. The second-order valence-electron chi connectivity index (χ2n) is 3.18. The number of rotatable bonds is 7. The third-order valence-corrected chi connectivity index (χ3v) is 1.89. The minimum Gasteiger partial charge on any atom is -0.127 e. The van der Waals surface area contributed by atoms with Crippen molar-refractivity contribution in [2.75, 3.05) is 5.88 Å². The van der Waals surface area contributed by atoms with Crippen LogP contribution in [0.2, 0.25) is 0 Å². The first-order valence-electron chi connectivity index (χ1n) is 4.79. The lowest BCUT2D eigenvalue weighted by molar-refractivity contribution is 0.965. The number of allylic oxidation sites excluding steroid dienone is 5. The largest absolute Gasteiger partial charge is 0.127 e. The van der Waals surface area contributed by atoms with E-state index in [4.69, 9.17) is 11.6 Å². The Kier molecular flexibility index (Phi) is 9.24. The van der Waals surface area contributed by atoms with Crippen molar-refractivity contribution in [1.29, 1.82) is 0 Å². The Morgan fingerprint density at radius 1 is 1.23 bits per heavy atom. The van der Waals surface area contributed by atoms with Gasteiger partial charge in [-0.3, -0.25) is 0 Å². The Bertz CT molecular complexity index is 178. The van der Waals surface area contributed by atoms with Gasteiger partial charge in [0.25, 0.3) is 0 Å². The van der Waals surface area contributed by atoms with Crippen molar-refractivity contribution in [3.05, 3.63) is 36.5 Å². The average Bonchev–Trinajstić information content (AvgIpc) is 2.09. The molecule has 0 spiro atoms. The van der Waals surface area contributed by atoms with Crippen LogP contribution >= 0.6 is 11.6 Å². The number of hydrogen-bond acceptors (Lipinski definition) is 0. The molecule has 0 aliphatic rings. The van der Waals surface area contributed by atoms with Crippen LogP contribution in [0.25, 0.3) is 0 Å². The molecule has 0 atom stereocenters. The Labute approximate surface area is 87.0 Å². The monoisotopic (exact) mass is 198 g/mol. The summed E-state index contributed by atoms with van der Waals surface area (Å²) in [5.74, 6) is 0.754. The summed E-state index contributed by atoms with van der Waals surface area (Å²) in [6, 6.07) is 0. The standard InChI is InChI=1S/C12H19Cl/c1-12(2)10-8-6-4-3-5-7-9-11-13/h3-6H,1,7-11H2,2H3. The highest BCUT2D eigenvalue weighted by Gasteiger charge is 1.81. The summed E-state index contributed by atoms with van der Waals surface area (Å²) in [6.07, 6.45) is 12.8. The van der Waals surface area contributed by atoms with E-state index in [0.29, 0.717) is 0 Å². The van der Waals surface area contributed by atoms with E-state index in [9.17, 15) is 0 Å². The van der Waals surface area contributed by atoms with Gasteiger partial charge in [0.1, 0.15) is 0 Å². The number of unbranched alkanes of at least 4 members (excludes halogenated alkanes) is 1. The van der Waals surface area contributed by atoms with Crippen molar-refractivity contribution in [2.24, 2.45) is 0 Å². The van der Waals surface area contributed by atoms with E-state index < -0.39 is 0 Å². The maximum atomic E-state index is 5.54. The zero-order valence-electron chi connectivity index (χ0n) is 8.43. The zero-order chi connectivity index (χ0) is 9.94. The van der Waals surface area contributed by atoms with E-state index >= 15 is 0 Å². The third-order valence-electron chi connectivity index (χ3n) is 1.63. The minimum atomic E-state index is 0.754. The molecule has 0 aromatic carbocycles. The van der Waals surface area contributed by atoms with Crippen LogP contribution in [0, 0.1) is 0 Å². The first kappa shape index (κ1) is 12.5. The molecular formula is C12H19Cl. The second-order valence-corrected chi connectivity index (χ2v) is 3.56. The summed E-state index contributed by atoms with van der Waals surface area (Å²) >= 11 is 5.54. The second kappa shape index (κ2) is 9.60. The molecule has 13 heavy (non-hydrogen) atoms. The molecule has 0 bridgehead atoms. The summed E-state index contributed by atoms with van der Waals surface area (Å²) in [4.78, 5) is 0. The van der Waals surface area contributed by atoms with E-state index in [1.54, 1.807) is 0 Å². The predicted octanol–water partition coefficient (Wildman–Crippen LogP) is 4.47. The molecule has 0 aromatic heterocycles. The van der Waals surface area contributed by atoms with Crippen molar-refractivity contribution < 1.29 is 0 Å². The van der Waals surface area contributed by atoms with Gasteiger partial charge in [0.15, 0.2) is 0 Å². The Morgan fingerprint density at radius 3 is 2.38 bits per heavy atom. The van der Waals surface area contributed by atoms with Gasteiger partial charge in [-0.2, -0.15) is 0 Å². The summed E-state index contributed by atoms with van der Waals surface area (Å²) in [6.45, 7) is 5.91. The highest BCUT2D eigenvalue weighted by Crippen LogP contribution is 2.01. The van der Waals surface area contributed by atoms with Crippen LogP contribution in [0.5, 0.6) is 0 Å². The van der Waals surface area contributed by atoms with Gasteiger partial charge in [-0.1, -0.05) is 29.9 Å². The highest BCUT2D eigenvalue weighted by molar-refractivity contribution is 6.17. The topological polar surface area (TPSA) is 0 Å². The molecule has 1 heteroatoms. The Hall–Kier alpha value is -0.490. The van der Waals surface area contributed by atoms with E-state index in [2.05, 4.69) is 37.8 Å². The zero-order valence-corrected chi connectivity index (χ0v) is 9.19. The first-order valence-corrected chi connectivity index (χ1v) is 5.33. The van der Waals surface area contributed by atoms with Crippen LogP contribution < -0.4 is 0 Å². The normalized spacial score (nSPS) is 11.5. The van der Waals surface area contributed by atoms with Gasteiger partial charge < -0.3 is 0 Å². The van der Waals surface area contributed by atoms with E-state index in [1.807, 2.05) is 0 Å². The lowest BCUT2D eigenvalue weighted by atomic mass is 10.2. The van der Waals surface area contributed by atoms with Gasteiger partial charge in [-0.15, -0.1) is 18.2 Å². The molecule has 0 N–H and O–H groups in total. The Balaban J connectivity index is 3.29. The molecule has 0 aliphatic carbocycles. The van der Waals surface area contributed by atoms with Gasteiger partial charge >= 0.3 is 0 Å². The average molecular weight is 199 g/mol. The quantitative estimate of drug-likeness (QED) is 0.245. The van der Waals surface area contributed by atoms with Crippen molar-refractivity contribution in [2.45, 2.75) is 32.6 Å². The molecule has 0 radical (unpaired) electrons. The fourth-order valence-corrected chi connectivity index (χ4v) is 1.03. The fourth-order valence-electron chi connectivity index (χ4n) is 0.874.